The van der Waals surface area contributed by atoms with Crippen molar-refractivity contribution in [1.29, 1.82) is 0 Å². The topological polar surface area (TPSA) is 141 Å². The van der Waals surface area contributed by atoms with E-state index in [1.54, 1.807) is 0 Å². The Balaban J connectivity index is 2.04. The van der Waals surface area contributed by atoms with Crippen molar-refractivity contribution < 1.29 is 8.42 Å². The van der Waals surface area contributed by atoms with Crippen LogP contribution in [0.1, 0.15) is 0 Å². The Bertz CT molecular complexity index is 1020. The molecule has 0 aliphatic heterocycles. The molecule has 0 radical (unpaired) electrons. The molecule has 0 amide bonds. The second kappa shape index (κ2) is 4.59. The van der Waals surface area contributed by atoms with Crippen molar-refractivity contribution in [1.82, 2.24) is 20.2 Å². The van der Waals surface area contributed by atoms with Crippen molar-refractivity contribution in [3.8, 4) is 0 Å². The Kier molecular flexibility index (Phi) is 2.87. The zero-order valence-corrected chi connectivity index (χ0v) is 11.2. The Morgan fingerprint density at radius 3 is 2.43 bits per heavy atom. The Morgan fingerprint density at radius 2 is 1.76 bits per heavy atom. The summed E-state index contributed by atoms with van der Waals surface area (Å²) in [6.07, 6.45) is 2.41. The van der Waals surface area contributed by atoms with E-state index in [1.807, 2.05) is 0 Å². The Hall–Kier alpha value is -2.88. The molecular formula is C11H9N5O4S. The maximum atomic E-state index is 12.0. The predicted octanol–water partition coefficient (Wildman–Crippen LogP) is -0.260. The van der Waals surface area contributed by atoms with Crippen LogP contribution in [0.25, 0.3) is 11.0 Å². The van der Waals surface area contributed by atoms with Gasteiger partial charge in [-0.1, -0.05) is 0 Å². The fraction of sp³-hybridized carbons (Fsp3) is 0. The fourth-order valence-electron chi connectivity index (χ4n) is 1.78. The third-order valence-electron chi connectivity index (χ3n) is 2.76. The van der Waals surface area contributed by atoms with E-state index in [4.69, 9.17) is 0 Å². The number of hydrogen-bond donors (Lipinski definition) is 4. The quantitative estimate of drug-likeness (QED) is 0.493. The molecule has 2 aromatic heterocycles. The summed E-state index contributed by atoms with van der Waals surface area (Å²) in [6.45, 7) is 0. The summed E-state index contributed by atoms with van der Waals surface area (Å²) in [6, 6.07) is 4.36. The smallest absolute Gasteiger partial charge is 0.314 e. The first-order valence-electron chi connectivity index (χ1n) is 5.74. The van der Waals surface area contributed by atoms with Gasteiger partial charge in [-0.3, -0.25) is 19.4 Å². The molecule has 0 saturated carbocycles. The molecule has 0 unspecified atom stereocenters. The van der Waals surface area contributed by atoms with Crippen LogP contribution in [0.15, 0.2) is 45.1 Å². The standard InChI is InChI=1S/C11H9N5O4S/c17-10-11(18)15-9-3-6(1-2-8(9)14-10)16-21(19,20)7-4-12-13-5-7/h1-5,16H,(H,12,13)(H,14,17)(H,15,18). The van der Waals surface area contributed by atoms with Crippen molar-refractivity contribution in [2.75, 3.05) is 4.72 Å². The maximum Gasteiger partial charge on any atom is 0.314 e. The fourth-order valence-corrected chi connectivity index (χ4v) is 2.73. The summed E-state index contributed by atoms with van der Waals surface area (Å²) in [4.78, 5) is 27.2. The molecule has 3 aromatic rings. The molecule has 0 bridgehead atoms. The number of nitrogens with zero attached hydrogens (tertiary/aromatic N) is 1. The van der Waals surface area contributed by atoms with Crippen molar-refractivity contribution in [2.24, 2.45) is 0 Å². The van der Waals surface area contributed by atoms with Crippen LogP contribution in [-0.4, -0.2) is 28.6 Å². The van der Waals surface area contributed by atoms with Crippen LogP contribution in [0.2, 0.25) is 0 Å². The normalized spacial score (nSPS) is 11.6. The lowest BCUT2D eigenvalue weighted by atomic mass is 10.3. The number of rotatable bonds is 3. The molecule has 10 heteroatoms. The Labute approximate surface area is 117 Å². The molecule has 4 N–H and O–H groups in total. The van der Waals surface area contributed by atoms with Crippen LogP contribution in [-0.2, 0) is 10.0 Å². The molecule has 2 heterocycles. The summed E-state index contributed by atoms with van der Waals surface area (Å²) in [5, 5.41) is 5.98. The lowest BCUT2D eigenvalue weighted by molar-refractivity contribution is 0.601. The van der Waals surface area contributed by atoms with Gasteiger partial charge in [0.15, 0.2) is 0 Å². The van der Waals surface area contributed by atoms with E-state index >= 15 is 0 Å². The van der Waals surface area contributed by atoms with Gasteiger partial charge in [0.25, 0.3) is 10.0 Å². The van der Waals surface area contributed by atoms with E-state index < -0.39 is 21.1 Å². The number of fused-ring (bicyclic) bond motifs is 1. The molecule has 1 aromatic carbocycles. The lowest BCUT2D eigenvalue weighted by Crippen LogP contribution is -2.28. The number of benzene rings is 1. The number of anilines is 1. The first kappa shape index (κ1) is 13.1. The summed E-state index contributed by atoms with van der Waals surface area (Å²) >= 11 is 0. The zero-order valence-electron chi connectivity index (χ0n) is 10.4. The molecule has 0 saturated heterocycles. The van der Waals surface area contributed by atoms with Crippen molar-refractivity contribution in [3.63, 3.8) is 0 Å². The van der Waals surface area contributed by atoms with Gasteiger partial charge in [0.1, 0.15) is 4.90 Å². The van der Waals surface area contributed by atoms with Gasteiger partial charge in [0.05, 0.1) is 22.9 Å². The highest BCUT2D eigenvalue weighted by Crippen LogP contribution is 2.17. The number of nitrogens with one attached hydrogen (secondary N) is 4. The van der Waals surface area contributed by atoms with Crippen LogP contribution in [0.3, 0.4) is 0 Å². The van der Waals surface area contributed by atoms with Gasteiger partial charge < -0.3 is 9.97 Å². The van der Waals surface area contributed by atoms with Gasteiger partial charge in [0, 0.05) is 6.20 Å². The maximum absolute atomic E-state index is 12.0. The monoisotopic (exact) mass is 307 g/mol. The third-order valence-corrected chi connectivity index (χ3v) is 4.11. The number of aromatic nitrogens is 4. The largest absolute Gasteiger partial charge is 0.316 e. The molecule has 0 aliphatic carbocycles. The number of aromatic amines is 3. The lowest BCUT2D eigenvalue weighted by Gasteiger charge is -2.07. The minimum Gasteiger partial charge on any atom is -0.316 e. The molecule has 9 nitrogen and oxygen atoms in total. The van der Waals surface area contributed by atoms with E-state index in [2.05, 4.69) is 24.9 Å². The van der Waals surface area contributed by atoms with Crippen LogP contribution in [0.4, 0.5) is 5.69 Å². The highest BCUT2D eigenvalue weighted by Gasteiger charge is 2.15. The van der Waals surface area contributed by atoms with Crippen molar-refractivity contribution in [2.45, 2.75) is 4.90 Å². The van der Waals surface area contributed by atoms with Crippen LogP contribution >= 0.6 is 0 Å². The molecule has 0 fully saturated rings. The SMILES string of the molecule is O=c1[nH]c2ccc(NS(=O)(=O)c3cn[nH]c3)cc2[nH]c1=O. The molecule has 0 atom stereocenters. The molecule has 3 rings (SSSR count). The summed E-state index contributed by atoms with van der Waals surface area (Å²) < 4.78 is 26.4. The van der Waals surface area contributed by atoms with Crippen LogP contribution < -0.4 is 15.8 Å². The highest BCUT2D eigenvalue weighted by molar-refractivity contribution is 7.92. The highest BCUT2D eigenvalue weighted by atomic mass is 32.2. The van der Waals surface area contributed by atoms with E-state index in [1.165, 1.54) is 30.6 Å². The van der Waals surface area contributed by atoms with Gasteiger partial charge in [-0.25, -0.2) is 8.42 Å². The number of H-pyrrole nitrogens is 3. The Morgan fingerprint density at radius 1 is 1.05 bits per heavy atom. The van der Waals surface area contributed by atoms with Gasteiger partial charge in [-0.05, 0) is 18.2 Å². The third kappa shape index (κ3) is 2.43. The minimum absolute atomic E-state index is 0.0161. The molecule has 108 valence electrons. The van der Waals surface area contributed by atoms with Gasteiger partial charge in [-0.2, -0.15) is 5.10 Å². The average molecular weight is 307 g/mol. The molecule has 0 aliphatic rings. The van der Waals surface area contributed by atoms with Crippen molar-refractivity contribution >= 4 is 26.7 Å². The zero-order chi connectivity index (χ0) is 15.0. The van der Waals surface area contributed by atoms with Gasteiger partial charge >= 0.3 is 11.1 Å². The van der Waals surface area contributed by atoms with Crippen LogP contribution in [0, 0.1) is 0 Å². The number of sulfonamides is 1. The number of hydrogen-bond acceptors (Lipinski definition) is 5. The first-order chi connectivity index (χ1) is 9.95. The van der Waals surface area contributed by atoms with Gasteiger partial charge in [-0.15, -0.1) is 0 Å². The predicted molar refractivity (Wildman–Crippen MR) is 74.6 cm³/mol. The van der Waals surface area contributed by atoms with E-state index in [-0.39, 0.29) is 10.6 Å². The summed E-state index contributed by atoms with van der Waals surface area (Å²) in [5.41, 5.74) is -0.629. The van der Waals surface area contributed by atoms with E-state index in [9.17, 15) is 18.0 Å². The van der Waals surface area contributed by atoms with E-state index in [0.717, 1.165) is 0 Å². The summed E-state index contributed by atoms with van der Waals surface area (Å²) in [5.74, 6) is 0. The summed E-state index contributed by atoms with van der Waals surface area (Å²) in [7, 11) is -3.76. The van der Waals surface area contributed by atoms with E-state index in [0.29, 0.717) is 11.0 Å². The second-order valence-electron chi connectivity index (χ2n) is 4.21. The second-order valence-corrected chi connectivity index (χ2v) is 5.89. The molecule has 0 spiro atoms. The average Bonchev–Trinajstić information content (AvgIpc) is 2.95. The van der Waals surface area contributed by atoms with Crippen molar-refractivity contribution in [3.05, 3.63) is 51.3 Å². The first-order valence-corrected chi connectivity index (χ1v) is 7.22. The van der Waals surface area contributed by atoms with Gasteiger partial charge in [0.2, 0.25) is 0 Å². The molecule has 21 heavy (non-hydrogen) atoms. The van der Waals surface area contributed by atoms with Crippen LogP contribution in [0.5, 0.6) is 0 Å². The molecular weight excluding hydrogens is 298 g/mol. The minimum atomic E-state index is -3.76.